The van der Waals surface area contributed by atoms with Crippen molar-refractivity contribution in [2.75, 3.05) is 33.7 Å². The van der Waals surface area contributed by atoms with Crippen LogP contribution in [0.5, 0.6) is 0 Å². The third-order valence-electron chi connectivity index (χ3n) is 3.90. The molecule has 1 saturated heterocycles. The van der Waals surface area contributed by atoms with E-state index in [0.717, 1.165) is 25.2 Å². The molecular weight excluding hydrogens is 248 g/mol. The van der Waals surface area contributed by atoms with Crippen molar-refractivity contribution in [2.24, 2.45) is 5.41 Å². The molecule has 1 unspecified atom stereocenters. The Labute approximate surface area is 124 Å². The smallest absolute Gasteiger partial charge is 0.160 e. The van der Waals surface area contributed by atoms with Gasteiger partial charge in [0.2, 0.25) is 0 Å². The first-order valence-electron chi connectivity index (χ1n) is 7.59. The van der Waals surface area contributed by atoms with Crippen molar-refractivity contribution < 1.29 is 4.79 Å². The fourth-order valence-electron chi connectivity index (χ4n) is 2.71. The van der Waals surface area contributed by atoms with Gasteiger partial charge in [0.1, 0.15) is 0 Å². The Morgan fingerprint density at radius 3 is 2.20 bits per heavy atom. The quantitative estimate of drug-likeness (QED) is 0.723. The van der Waals surface area contributed by atoms with Crippen LogP contribution in [0.25, 0.3) is 0 Å². The molecule has 3 heteroatoms. The SMILES string of the molecule is C=C=C(CN1CCCCC1)C(C(=O)C(C)(C)C)N(C)C. The molecular formula is C17H30N2O. The Bertz CT molecular complexity index is 380. The number of hydrogen-bond acceptors (Lipinski definition) is 3. The summed E-state index contributed by atoms with van der Waals surface area (Å²) in [6.45, 7) is 12.8. The lowest BCUT2D eigenvalue weighted by atomic mass is 9.83. The van der Waals surface area contributed by atoms with Gasteiger partial charge in [-0.1, -0.05) is 33.8 Å². The van der Waals surface area contributed by atoms with Crippen molar-refractivity contribution >= 4 is 5.78 Å². The zero-order valence-electron chi connectivity index (χ0n) is 13.8. The molecule has 114 valence electrons. The molecule has 1 rings (SSSR count). The van der Waals surface area contributed by atoms with Crippen molar-refractivity contribution in [3.05, 3.63) is 17.9 Å². The lowest BCUT2D eigenvalue weighted by Crippen LogP contribution is -2.46. The van der Waals surface area contributed by atoms with Gasteiger partial charge in [-0.05, 0) is 40.0 Å². The minimum absolute atomic E-state index is 0.213. The third kappa shape index (κ3) is 4.59. The predicted octanol–water partition coefficient (Wildman–Crippen LogP) is 2.73. The number of rotatable bonds is 5. The first-order valence-corrected chi connectivity index (χ1v) is 7.59. The summed E-state index contributed by atoms with van der Waals surface area (Å²) >= 11 is 0. The molecule has 1 atom stereocenters. The summed E-state index contributed by atoms with van der Waals surface area (Å²) in [5.41, 5.74) is 3.71. The van der Waals surface area contributed by atoms with E-state index in [1.54, 1.807) is 0 Å². The topological polar surface area (TPSA) is 23.6 Å². The summed E-state index contributed by atoms with van der Waals surface area (Å²) in [4.78, 5) is 17.1. The van der Waals surface area contributed by atoms with Gasteiger partial charge in [0.15, 0.2) is 5.78 Å². The van der Waals surface area contributed by atoms with Crippen molar-refractivity contribution in [2.45, 2.75) is 46.1 Å². The normalized spacial score (nSPS) is 18.7. The second-order valence-electron chi connectivity index (χ2n) is 7.02. The maximum absolute atomic E-state index is 12.7. The summed E-state index contributed by atoms with van der Waals surface area (Å²) in [6.07, 6.45) is 3.83. The van der Waals surface area contributed by atoms with Crippen LogP contribution in [-0.2, 0) is 4.79 Å². The second-order valence-corrected chi connectivity index (χ2v) is 7.02. The van der Waals surface area contributed by atoms with Crippen LogP contribution in [0.2, 0.25) is 0 Å². The standard InChI is InChI=1S/C17H30N2O/c1-7-14(13-19-11-9-8-10-12-19)15(18(5)6)16(20)17(2,3)4/h15H,1,8-13H2,2-6H3. The van der Waals surface area contributed by atoms with E-state index in [1.165, 1.54) is 19.3 Å². The minimum atomic E-state index is -0.348. The Morgan fingerprint density at radius 2 is 1.80 bits per heavy atom. The zero-order valence-corrected chi connectivity index (χ0v) is 13.8. The molecule has 0 aromatic rings. The highest BCUT2D eigenvalue weighted by molar-refractivity contribution is 5.91. The Morgan fingerprint density at radius 1 is 1.25 bits per heavy atom. The third-order valence-corrected chi connectivity index (χ3v) is 3.90. The lowest BCUT2D eigenvalue weighted by Gasteiger charge is -2.34. The van der Waals surface area contributed by atoms with Gasteiger partial charge in [-0.15, -0.1) is 5.73 Å². The van der Waals surface area contributed by atoms with E-state index in [1.807, 2.05) is 39.8 Å². The molecule has 0 aliphatic carbocycles. The van der Waals surface area contributed by atoms with Crippen LogP contribution < -0.4 is 0 Å². The Balaban J connectivity index is 2.87. The highest BCUT2D eigenvalue weighted by Gasteiger charge is 2.34. The molecule has 1 heterocycles. The molecule has 1 aliphatic heterocycles. The minimum Gasteiger partial charge on any atom is -0.299 e. The van der Waals surface area contributed by atoms with Gasteiger partial charge in [0.05, 0.1) is 6.04 Å². The van der Waals surface area contributed by atoms with Gasteiger partial charge in [0.25, 0.3) is 0 Å². The number of Topliss-reactive ketones (excluding diaryl/α,β-unsaturated/α-hetero) is 1. The summed E-state index contributed by atoms with van der Waals surface area (Å²) in [5, 5.41) is 0. The number of hydrogen-bond donors (Lipinski definition) is 0. The second kappa shape index (κ2) is 7.21. The largest absolute Gasteiger partial charge is 0.299 e. The molecule has 3 nitrogen and oxygen atoms in total. The molecule has 1 fully saturated rings. The maximum Gasteiger partial charge on any atom is 0.160 e. The van der Waals surface area contributed by atoms with Crippen molar-refractivity contribution in [1.29, 1.82) is 0 Å². The Kier molecular flexibility index (Phi) is 6.19. The Hall–Kier alpha value is -0.890. The monoisotopic (exact) mass is 278 g/mol. The molecule has 0 spiro atoms. The van der Waals surface area contributed by atoms with Crippen molar-refractivity contribution in [3.8, 4) is 0 Å². The first kappa shape index (κ1) is 17.2. The summed E-state index contributed by atoms with van der Waals surface area (Å²) in [5.74, 6) is 0.241. The summed E-state index contributed by atoms with van der Waals surface area (Å²) < 4.78 is 0. The van der Waals surface area contributed by atoms with Crippen LogP contribution >= 0.6 is 0 Å². The van der Waals surface area contributed by atoms with E-state index >= 15 is 0 Å². The number of carbonyl (C=O) groups excluding carboxylic acids is 1. The van der Waals surface area contributed by atoms with Gasteiger partial charge in [-0.2, -0.15) is 0 Å². The van der Waals surface area contributed by atoms with E-state index in [-0.39, 0.29) is 17.2 Å². The number of likely N-dealkylation sites (tertiary alicyclic amines) is 1. The number of piperidine rings is 1. The van der Waals surface area contributed by atoms with Gasteiger partial charge >= 0.3 is 0 Å². The number of nitrogens with zero attached hydrogens (tertiary/aromatic N) is 2. The molecule has 0 N–H and O–H groups in total. The van der Waals surface area contributed by atoms with Crippen molar-refractivity contribution in [1.82, 2.24) is 9.80 Å². The van der Waals surface area contributed by atoms with Crippen LogP contribution in [0.1, 0.15) is 40.0 Å². The molecule has 0 aromatic heterocycles. The van der Waals surface area contributed by atoms with Gasteiger partial charge in [-0.25, -0.2) is 0 Å². The molecule has 0 bridgehead atoms. The lowest BCUT2D eigenvalue weighted by molar-refractivity contribution is -0.129. The van der Waals surface area contributed by atoms with Gasteiger partial charge in [-0.3, -0.25) is 14.6 Å². The number of likely N-dealkylation sites (N-methyl/N-ethyl adjacent to an activating group) is 1. The fraction of sp³-hybridized carbons (Fsp3) is 0.765. The van der Waals surface area contributed by atoms with E-state index in [0.29, 0.717) is 0 Å². The molecule has 1 aliphatic rings. The average molecular weight is 278 g/mol. The molecule has 0 radical (unpaired) electrons. The van der Waals surface area contributed by atoms with Gasteiger partial charge in [0, 0.05) is 17.5 Å². The summed E-state index contributed by atoms with van der Waals surface area (Å²) in [7, 11) is 3.92. The molecule has 0 saturated carbocycles. The first-order chi connectivity index (χ1) is 9.27. The molecule has 20 heavy (non-hydrogen) atoms. The van der Waals surface area contributed by atoms with Gasteiger partial charge < -0.3 is 0 Å². The number of carbonyl (C=O) groups is 1. The highest BCUT2D eigenvalue weighted by atomic mass is 16.1. The number of ketones is 1. The van der Waals surface area contributed by atoms with E-state index in [9.17, 15) is 4.79 Å². The molecule has 0 amide bonds. The van der Waals surface area contributed by atoms with E-state index in [2.05, 4.69) is 17.2 Å². The average Bonchev–Trinajstić information content (AvgIpc) is 2.37. The van der Waals surface area contributed by atoms with E-state index < -0.39 is 0 Å². The van der Waals surface area contributed by atoms with Crippen LogP contribution in [0.15, 0.2) is 17.9 Å². The van der Waals surface area contributed by atoms with Crippen LogP contribution in [-0.4, -0.2) is 55.4 Å². The zero-order chi connectivity index (χ0) is 15.3. The fourth-order valence-corrected chi connectivity index (χ4v) is 2.71. The van der Waals surface area contributed by atoms with E-state index in [4.69, 9.17) is 0 Å². The van der Waals surface area contributed by atoms with Crippen LogP contribution in [0, 0.1) is 5.41 Å². The maximum atomic E-state index is 12.7. The predicted molar refractivity (Wildman–Crippen MR) is 84.9 cm³/mol. The van der Waals surface area contributed by atoms with Crippen LogP contribution in [0.4, 0.5) is 0 Å². The van der Waals surface area contributed by atoms with Crippen molar-refractivity contribution in [3.63, 3.8) is 0 Å². The van der Waals surface area contributed by atoms with Crippen LogP contribution in [0.3, 0.4) is 0 Å². The molecule has 0 aromatic carbocycles. The highest BCUT2D eigenvalue weighted by Crippen LogP contribution is 2.23. The summed E-state index contributed by atoms with van der Waals surface area (Å²) in [6, 6.07) is -0.213.